The summed E-state index contributed by atoms with van der Waals surface area (Å²) in [5.74, 6) is 0.885. The molecule has 4 heteroatoms. The van der Waals surface area contributed by atoms with Crippen LogP contribution in [0.25, 0.3) is 0 Å². The Hall–Kier alpha value is -0.870. The molecular formula is C16H25NO2S. The highest BCUT2D eigenvalue weighted by Crippen LogP contribution is 2.20. The smallest absolute Gasteiger partial charge is 0.179 e. The van der Waals surface area contributed by atoms with E-state index >= 15 is 0 Å². The third-order valence-corrected chi connectivity index (χ3v) is 6.06. The number of nitrogens with zero attached hydrogens (tertiary/aromatic N) is 1. The molecule has 1 saturated heterocycles. The van der Waals surface area contributed by atoms with Gasteiger partial charge >= 0.3 is 0 Å². The Morgan fingerprint density at radius 3 is 2.55 bits per heavy atom. The lowest BCUT2D eigenvalue weighted by molar-refractivity contribution is 0.149. The number of hydrogen-bond donors (Lipinski definition) is 0. The van der Waals surface area contributed by atoms with Gasteiger partial charge in [0.2, 0.25) is 0 Å². The molecule has 112 valence electrons. The Morgan fingerprint density at radius 2 is 1.95 bits per heavy atom. The summed E-state index contributed by atoms with van der Waals surface area (Å²) in [6, 6.07) is 7.25. The van der Waals surface area contributed by atoms with Crippen LogP contribution in [0, 0.1) is 12.8 Å². The normalized spacial score (nSPS) is 22.6. The molecule has 0 radical (unpaired) electrons. The highest BCUT2D eigenvalue weighted by molar-refractivity contribution is 7.91. The number of rotatable bonds is 4. The summed E-state index contributed by atoms with van der Waals surface area (Å²) in [7, 11) is -3.18. The van der Waals surface area contributed by atoms with E-state index in [1.54, 1.807) is 12.1 Å². The predicted octanol–water partition coefficient (Wildman–Crippen LogP) is 2.89. The maximum absolute atomic E-state index is 12.5. The number of benzene rings is 1. The number of likely N-dealkylation sites (tertiary alicyclic amines) is 1. The molecule has 1 fully saturated rings. The average molecular weight is 295 g/mol. The van der Waals surface area contributed by atoms with Crippen molar-refractivity contribution in [3.63, 3.8) is 0 Å². The molecule has 2 rings (SSSR count). The molecule has 0 spiro atoms. The van der Waals surface area contributed by atoms with Crippen LogP contribution in [0.3, 0.4) is 0 Å². The average Bonchev–Trinajstić information content (AvgIpc) is 2.38. The number of sulfone groups is 1. The summed E-state index contributed by atoms with van der Waals surface area (Å²) in [6.07, 6.45) is 2.43. The van der Waals surface area contributed by atoms with Gasteiger partial charge in [-0.2, -0.15) is 0 Å². The van der Waals surface area contributed by atoms with E-state index in [2.05, 4.69) is 11.8 Å². The molecule has 0 saturated carbocycles. The summed E-state index contributed by atoms with van der Waals surface area (Å²) in [5, 5.41) is 0. The van der Waals surface area contributed by atoms with Crippen molar-refractivity contribution in [2.24, 2.45) is 5.92 Å². The van der Waals surface area contributed by atoms with E-state index < -0.39 is 9.84 Å². The second kappa shape index (κ2) is 6.27. The number of aryl methyl sites for hydroxylation is 1. The minimum Gasteiger partial charge on any atom is -0.299 e. The molecule has 1 aliphatic heterocycles. The lowest BCUT2D eigenvalue weighted by Crippen LogP contribution is -2.43. The second-order valence-electron chi connectivity index (χ2n) is 6.19. The van der Waals surface area contributed by atoms with Crippen molar-refractivity contribution in [3.05, 3.63) is 29.8 Å². The summed E-state index contributed by atoms with van der Waals surface area (Å²) in [4.78, 5) is 2.76. The Labute approximate surface area is 122 Å². The van der Waals surface area contributed by atoms with Crippen LogP contribution < -0.4 is 0 Å². The summed E-state index contributed by atoms with van der Waals surface area (Å²) >= 11 is 0. The van der Waals surface area contributed by atoms with Gasteiger partial charge in [0, 0.05) is 12.6 Å². The highest BCUT2D eigenvalue weighted by atomic mass is 32.2. The molecule has 0 bridgehead atoms. The number of piperidine rings is 1. The SMILES string of the molecule is Cc1ccc(S(=O)(=O)C[C@@H](C)N2CCC[C@H](C)C2)cc1. The third kappa shape index (κ3) is 3.83. The summed E-state index contributed by atoms with van der Waals surface area (Å²) in [6.45, 7) is 8.28. The molecule has 0 aromatic heterocycles. The van der Waals surface area contributed by atoms with E-state index in [1.165, 1.54) is 12.8 Å². The molecule has 1 heterocycles. The van der Waals surface area contributed by atoms with Crippen molar-refractivity contribution in [1.29, 1.82) is 0 Å². The summed E-state index contributed by atoms with van der Waals surface area (Å²) in [5.41, 5.74) is 1.09. The van der Waals surface area contributed by atoms with E-state index in [1.807, 2.05) is 26.0 Å². The van der Waals surface area contributed by atoms with Crippen molar-refractivity contribution in [2.75, 3.05) is 18.8 Å². The Balaban J connectivity index is 2.05. The maximum Gasteiger partial charge on any atom is 0.179 e. The quantitative estimate of drug-likeness (QED) is 0.857. The number of hydrogen-bond acceptors (Lipinski definition) is 3. The third-order valence-electron chi connectivity index (χ3n) is 4.15. The zero-order valence-corrected chi connectivity index (χ0v) is 13.5. The predicted molar refractivity (Wildman–Crippen MR) is 82.7 cm³/mol. The second-order valence-corrected chi connectivity index (χ2v) is 8.22. The van der Waals surface area contributed by atoms with E-state index in [9.17, 15) is 8.42 Å². The fourth-order valence-corrected chi connectivity index (χ4v) is 4.48. The van der Waals surface area contributed by atoms with Gasteiger partial charge in [0.1, 0.15) is 0 Å². The molecule has 0 unspecified atom stereocenters. The van der Waals surface area contributed by atoms with Crippen molar-refractivity contribution in [1.82, 2.24) is 4.90 Å². The lowest BCUT2D eigenvalue weighted by Gasteiger charge is -2.35. The van der Waals surface area contributed by atoms with E-state index in [0.29, 0.717) is 10.8 Å². The van der Waals surface area contributed by atoms with Gasteiger partial charge in [-0.15, -0.1) is 0 Å². The molecule has 0 N–H and O–H groups in total. The van der Waals surface area contributed by atoms with Gasteiger partial charge in [0.25, 0.3) is 0 Å². The fraction of sp³-hybridized carbons (Fsp3) is 0.625. The van der Waals surface area contributed by atoms with Gasteiger partial charge in [0.05, 0.1) is 10.6 Å². The van der Waals surface area contributed by atoms with Gasteiger partial charge in [-0.1, -0.05) is 24.6 Å². The van der Waals surface area contributed by atoms with Crippen LogP contribution in [0.4, 0.5) is 0 Å². The zero-order valence-electron chi connectivity index (χ0n) is 12.7. The molecule has 0 aliphatic carbocycles. The van der Waals surface area contributed by atoms with Crippen LogP contribution in [0.2, 0.25) is 0 Å². The molecule has 1 aromatic carbocycles. The van der Waals surface area contributed by atoms with Crippen LogP contribution in [0.5, 0.6) is 0 Å². The molecule has 1 aromatic rings. The molecule has 3 nitrogen and oxygen atoms in total. The maximum atomic E-state index is 12.5. The van der Waals surface area contributed by atoms with Crippen molar-refractivity contribution < 1.29 is 8.42 Å². The zero-order chi connectivity index (χ0) is 14.8. The Morgan fingerprint density at radius 1 is 1.30 bits per heavy atom. The van der Waals surface area contributed by atoms with E-state index in [4.69, 9.17) is 0 Å². The van der Waals surface area contributed by atoms with Gasteiger partial charge in [0.15, 0.2) is 9.84 Å². The molecule has 0 amide bonds. The van der Waals surface area contributed by atoms with Crippen LogP contribution >= 0.6 is 0 Å². The lowest BCUT2D eigenvalue weighted by atomic mass is 9.99. The first kappa shape index (κ1) is 15.5. The van der Waals surface area contributed by atoms with Crippen LogP contribution in [0.1, 0.15) is 32.3 Å². The standard InChI is InChI=1S/C16H25NO2S/c1-13-6-8-16(9-7-13)20(18,19)12-15(3)17-10-4-5-14(2)11-17/h6-9,14-15H,4-5,10-12H2,1-3H3/t14-,15+/m0/s1. The Bertz CT molecular complexity index is 536. The molecule has 20 heavy (non-hydrogen) atoms. The minimum atomic E-state index is -3.18. The van der Waals surface area contributed by atoms with Crippen LogP contribution in [0.15, 0.2) is 29.2 Å². The van der Waals surface area contributed by atoms with E-state index in [-0.39, 0.29) is 11.8 Å². The van der Waals surface area contributed by atoms with Gasteiger partial charge in [-0.3, -0.25) is 4.90 Å². The first-order chi connectivity index (χ1) is 9.38. The van der Waals surface area contributed by atoms with Crippen molar-refractivity contribution in [2.45, 2.75) is 44.6 Å². The first-order valence-corrected chi connectivity index (χ1v) is 9.07. The molecule has 2 atom stereocenters. The van der Waals surface area contributed by atoms with Crippen LogP contribution in [-0.4, -0.2) is 38.2 Å². The van der Waals surface area contributed by atoms with Crippen molar-refractivity contribution in [3.8, 4) is 0 Å². The van der Waals surface area contributed by atoms with E-state index in [0.717, 1.165) is 18.7 Å². The fourth-order valence-electron chi connectivity index (χ4n) is 2.89. The topological polar surface area (TPSA) is 37.4 Å². The first-order valence-electron chi connectivity index (χ1n) is 7.42. The molecule has 1 aliphatic rings. The van der Waals surface area contributed by atoms with Crippen molar-refractivity contribution >= 4 is 9.84 Å². The largest absolute Gasteiger partial charge is 0.299 e. The monoisotopic (exact) mass is 295 g/mol. The molecular weight excluding hydrogens is 270 g/mol. The van der Waals surface area contributed by atoms with Gasteiger partial charge in [-0.05, 0) is 51.3 Å². The summed E-state index contributed by atoms with van der Waals surface area (Å²) < 4.78 is 24.9. The van der Waals surface area contributed by atoms with Gasteiger partial charge < -0.3 is 0 Å². The minimum absolute atomic E-state index is 0.0871. The highest BCUT2D eigenvalue weighted by Gasteiger charge is 2.25. The van der Waals surface area contributed by atoms with Crippen LogP contribution in [-0.2, 0) is 9.84 Å². The van der Waals surface area contributed by atoms with Gasteiger partial charge in [-0.25, -0.2) is 8.42 Å². The Kier molecular flexibility index (Phi) is 4.86.